The van der Waals surface area contributed by atoms with E-state index in [9.17, 15) is 18.4 Å². The van der Waals surface area contributed by atoms with E-state index in [1.807, 2.05) is 6.07 Å². The van der Waals surface area contributed by atoms with Gasteiger partial charge >= 0.3 is 6.09 Å². The minimum absolute atomic E-state index is 0.350. The number of piperidine rings is 1. The van der Waals surface area contributed by atoms with Crippen LogP contribution in [-0.2, 0) is 11.2 Å². The summed E-state index contributed by atoms with van der Waals surface area (Å²) in [4.78, 5) is 26.7. The molecule has 0 aromatic heterocycles. The molecule has 4 aliphatic rings. The van der Waals surface area contributed by atoms with Crippen molar-refractivity contribution in [2.24, 2.45) is 11.1 Å². The van der Waals surface area contributed by atoms with E-state index >= 15 is 0 Å². The van der Waals surface area contributed by atoms with Crippen LogP contribution in [-0.4, -0.2) is 83.7 Å². The molecule has 0 radical (unpaired) electrons. The summed E-state index contributed by atoms with van der Waals surface area (Å²) in [6, 6.07) is 7.95. The van der Waals surface area contributed by atoms with E-state index in [0.717, 1.165) is 19.1 Å². The molecule has 0 bridgehead atoms. The van der Waals surface area contributed by atoms with E-state index in [2.05, 4.69) is 10.2 Å². The van der Waals surface area contributed by atoms with Gasteiger partial charge in [0.1, 0.15) is 11.3 Å². The molecule has 1 atom stereocenters. The molecule has 1 aromatic rings. The average molecular weight is 534 g/mol. The molecule has 2 aliphatic carbocycles. The summed E-state index contributed by atoms with van der Waals surface area (Å²) in [6.45, 7) is 3.94. The molecule has 2 aliphatic heterocycles. The van der Waals surface area contributed by atoms with Gasteiger partial charge in [0.25, 0.3) is 5.92 Å². The van der Waals surface area contributed by atoms with E-state index in [0.29, 0.717) is 29.6 Å². The number of hydrogen-bond acceptors (Lipinski definition) is 6. The average Bonchev–Trinajstić information content (AvgIpc) is 3.78. The summed E-state index contributed by atoms with van der Waals surface area (Å²) in [7, 11) is 1.41. The summed E-state index contributed by atoms with van der Waals surface area (Å²) >= 11 is 0. The lowest BCUT2D eigenvalue weighted by Gasteiger charge is -2.53. The Bertz CT molecular complexity index is 1050. The van der Waals surface area contributed by atoms with Gasteiger partial charge in [-0.05, 0) is 57.7 Å². The van der Waals surface area contributed by atoms with Crippen molar-refractivity contribution < 1.29 is 28.2 Å². The molecular formula is C27H37F2N5O4. The van der Waals surface area contributed by atoms with Gasteiger partial charge in [0.05, 0.1) is 19.2 Å². The highest BCUT2D eigenvalue weighted by Gasteiger charge is 2.48. The van der Waals surface area contributed by atoms with E-state index < -0.39 is 42.3 Å². The Balaban J connectivity index is 0.000000192. The number of rotatable bonds is 8. The molecule has 2 amide bonds. The normalized spacial score (nSPS) is 22.2. The fourth-order valence-electron chi connectivity index (χ4n) is 5.35. The molecule has 2 saturated carbocycles. The van der Waals surface area contributed by atoms with Crippen LogP contribution in [0.5, 0.6) is 5.75 Å². The first-order valence-electron chi connectivity index (χ1n) is 13.2. The number of methoxy groups -OCH3 is 1. The third-order valence-electron chi connectivity index (χ3n) is 8.07. The number of benzene rings is 1. The summed E-state index contributed by atoms with van der Waals surface area (Å²) in [5.41, 5.74) is 5.38. The Kier molecular flexibility index (Phi) is 8.14. The number of hydrogen-bond donors (Lipinski definition) is 3. The van der Waals surface area contributed by atoms with Crippen LogP contribution >= 0.6 is 0 Å². The lowest BCUT2D eigenvalue weighted by Crippen LogP contribution is -2.61. The van der Waals surface area contributed by atoms with Gasteiger partial charge in [0.15, 0.2) is 0 Å². The minimum Gasteiger partial charge on any atom is -0.496 e. The number of nitrogens with one attached hydrogen (secondary N) is 1. The Morgan fingerprint density at radius 2 is 1.87 bits per heavy atom. The van der Waals surface area contributed by atoms with E-state index in [1.54, 1.807) is 29.2 Å². The number of halogens is 2. The van der Waals surface area contributed by atoms with Gasteiger partial charge in [-0.2, -0.15) is 5.26 Å². The minimum atomic E-state index is -3.16. The Morgan fingerprint density at radius 3 is 2.39 bits per heavy atom. The Labute approximate surface area is 221 Å². The molecule has 1 aromatic carbocycles. The molecule has 208 valence electrons. The monoisotopic (exact) mass is 533 g/mol. The van der Waals surface area contributed by atoms with Crippen LogP contribution in [0.1, 0.15) is 50.5 Å². The van der Waals surface area contributed by atoms with Crippen molar-refractivity contribution in [1.82, 2.24) is 15.1 Å². The van der Waals surface area contributed by atoms with Crippen molar-refractivity contribution in [3.05, 3.63) is 29.8 Å². The van der Waals surface area contributed by atoms with Gasteiger partial charge in [-0.1, -0.05) is 18.2 Å². The second-order valence-corrected chi connectivity index (χ2v) is 11.2. The third kappa shape index (κ3) is 6.91. The number of carboxylic acid groups (broad SMARTS) is 1. The fourth-order valence-corrected chi connectivity index (χ4v) is 5.35. The summed E-state index contributed by atoms with van der Waals surface area (Å²) < 4.78 is 33.4. The topological polar surface area (TPSA) is 132 Å². The lowest BCUT2D eigenvalue weighted by molar-refractivity contribution is -0.125. The molecule has 2 heterocycles. The van der Waals surface area contributed by atoms with Crippen LogP contribution in [0.25, 0.3) is 0 Å². The predicted octanol–water partition coefficient (Wildman–Crippen LogP) is 2.99. The van der Waals surface area contributed by atoms with Crippen LogP contribution in [0.3, 0.4) is 0 Å². The zero-order valence-corrected chi connectivity index (χ0v) is 21.8. The van der Waals surface area contributed by atoms with Crippen molar-refractivity contribution in [2.45, 2.75) is 74.9 Å². The lowest BCUT2D eigenvalue weighted by atomic mass is 9.72. The molecule has 2 saturated heterocycles. The number of ether oxygens (including phenoxy) is 1. The van der Waals surface area contributed by atoms with Gasteiger partial charge in [0.2, 0.25) is 5.91 Å². The molecule has 1 spiro atoms. The van der Waals surface area contributed by atoms with Gasteiger partial charge in [-0.3, -0.25) is 4.79 Å². The summed E-state index contributed by atoms with van der Waals surface area (Å²) in [5, 5.41) is 20.2. The maximum absolute atomic E-state index is 14.2. The predicted molar refractivity (Wildman–Crippen MR) is 136 cm³/mol. The zero-order chi connectivity index (χ0) is 27.6. The SMILES string of the molecule is COc1ccccc1CC(F)(F)C[C@H](N)C(=O)NC1(C#N)CC1.O=C(O)N1CC2(CCN(C3CC3)CC2)C1. The van der Waals surface area contributed by atoms with Crippen LogP contribution in [0, 0.1) is 16.7 Å². The molecule has 9 nitrogen and oxygen atoms in total. The molecule has 0 unspecified atom stereocenters. The smallest absolute Gasteiger partial charge is 0.407 e. The Hall–Kier alpha value is -2.97. The van der Waals surface area contributed by atoms with Crippen LogP contribution < -0.4 is 15.8 Å². The number of carbonyl (C=O) groups is 2. The van der Waals surface area contributed by atoms with E-state index in [-0.39, 0.29) is 0 Å². The van der Waals surface area contributed by atoms with Crippen molar-refractivity contribution in [2.75, 3.05) is 33.3 Å². The molecule has 4 fully saturated rings. The molecule has 11 heteroatoms. The van der Waals surface area contributed by atoms with Crippen molar-refractivity contribution >= 4 is 12.0 Å². The number of para-hydroxylation sites is 1. The van der Waals surface area contributed by atoms with Crippen LogP contribution in [0.2, 0.25) is 0 Å². The summed E-state index contributed by atoms with van der Waals surface area (Å²) in [5.74, 6) is -3.51. The highest BCUT2D eigenvalue weighted by Crippen LogP contribution is 2.42. The van der Waals surface area contributed by atoms with Crippen molar-refractivity contribution in [3.8, 4) is 11.8 Å². The molecule has 4 N–H and O–H groups in total. The first kappa shape index (κ1) is 28.0. The van der Waals surface area contributed by atoms with Gasteiger partial charge in [0, 0.05) is 43.0 Å². The van der Waals surface area contributed by atoms with Crippen LogP contribution in [0.15, 0.2) is 24.3 Å². The molecule has 38 heavy (non-hydrogen) atoms. The third-order valence-corrected chi connectivity index (χ3v) is 8.07. The number of nitriles is 1. The number of amides is 2. The van der Waals surface area contributed by atoms with Gasteiger partial charge in [-0.15, -0.1) is 0 Å². The maximum Gasteiger partial charge on any atom is 0.407 e. The molecule has 5 rings (SSSR count). The number of nitrogens with two attached hydrogens (primary N) is 1. The van der Waals surface area contributed by atoms with Crippen molar-refractivity contribution in [3.63, 3.8) is 0 Å². The van der Waals surface area contributed by atoms with E-state index in [4.69, 9.17) is 20.8 Å². The second-order valence-electron chi connectivity index (χ2n) is 11.2. The quantitative estimate of drug-likeness (QED) is 0.468. The zero-order valence-electron chi connectivity index (χ0n) is 21.8. The first-order valence-corrected chi connectivity index (χ1v) is 13.2. The second kappa shape index (κ2) is 11.0. The van der Waals surface area contributed by atoms with Crippen LogP contribution in [0.4, 0.5) is 13.6 Å². The van der Waals surface area contributed by atoms with Gasteiger partial charge < -0.3 is 30.7 Å². The highest BCUT2D eigenvalue weighted by molar-refractivity contribution is 5.83. The number of nitrogens with zero attached hydrogens (tertiary/aromatic N) is 3. The van der Waals surface area contributed by atoms with Crippen molar-refractivity contribution in [1.29, 1.82) is 5.26 Å². The first-order chi connectivity index (χ1) is 18.0. The number of alkyl halides is 2. The highest BCUT2D eigenvalue weighted by atomic mass is 19.3. The van der Waals surface area contributed by atoms with E-state index in [1.165, 1.54) is 45.9 Å². The largest absolute Gasteiger partial charge is 0.496 e. The molecular weight excluding hydrogens is 496 g/mol. The fraction of sp³-hybridized carbons (Fsp3) is 0.667. The number of likely N-dealkylation sites (tertiary alicyclic amines) is 2. The van der Waals surface area contributed by atoms with Gasteiger partial charge in [-0.25, -0.2) is 13.6 Å². The maximum atomic E-state index is 14.2. The summed E-state index contributed by atoms with van der Waals surface area (Å²) in [6.07, 6.45) is 4.12. The number of carbonyl (C=O) groups excluding carboxylic acids is 1. The standard InChI is InChI=1S/C16H19F2N3O2.C11H18N2O2/c1-23-13-5-3-2-4-11(13)8-16(17,18)9-12(20)14(22)21-15(10-19)6-7-15;14-10(15)13-7-11(8-13)3-5-12(6-4-11)9-1-2-9/h2-5,12H,6-9,20H2,1H3,(H,21,22);9H,1-8H2,(H,14,15)/t12-;/m0./s1. The Morgan fingerprint density at radius 1 is 1.24 bits per heavy atom.